The normalized spacial score (nSPS) is 22.6. The van der Waals surface area contributed by atoms with Gasteiger partial charge in [-0.15, -0.1) is 0 Å². The number of carboxylic acid groups (broad SMARTS) is 1. The van der Waals surface area contributed by atoms with E-state index in [0.29, 0.717) is 6.42 Å². The lowest BCUT2D eigenvalue weighted by Crippen LogP contribution is -2.32. The number of hydrazone groups is 1. The van der Waals surface area contributed by atoms with Crippen LogP contribution in [-0.4, -0.2) is 34.9 Å². The average Bonchev–Trinajstić information content (AvgIpc) is 2.49. The van der Waals surface area contributed by atoms with Crippen LogP contribution in [0.15, 0.2) is 5.10 Å². The molecule has 86 valence electrons. The smallest absolute Gasteiger partial charge is 0.328 e. The summed E-state index contributed by atoms with van der Waals surface area (Å²) in [5.41, 5.74) is 0.210. The Hall–Kier alpha value is -1.06. The molecule has 1 unspecified atom stereocenters. The molecule has 0 aromatic carbocycles. The fourth-order valence-electron chi connectivity index (χ4n) is 1.56. The molecule has 4 heteroatoms. The Labute approximate surface area is 91.0 Å². The summed E-state index contributed by atoms with van der Waals surface area (Å²) in [5, 5.41) is 14.9. The average molecular weight is 212 g/mol. The number of nitrogens with zero attached hydrogens (tertiary/aromatic N) is 2. The zero-order valence-electron chi connectivity index (χ0n) is 9.73. The lowest BCUT2D eigenvalue weighted by Gasteiger charge is -2.19. The van der Waals surface area contributed by atoms with Crippen LogP contribution in [0.4, 0.5) is 0 Å². The van der Waals surface area contributed by atoms with Crippen molar-refractivity contribution in [2.45, 2.75) is 46.1 Å². The van der Waals surface area contributed by atoms with Crippen LogP contribution in [0.2, 0.25) is 0 Å². The SMILES string of the molecule is CC(C)(C)C/C=N/N1CCCC1C(=O)O. The Morgan fingerprint density at radius 3 is 2.80 bits per heavy atom. The van der Waals surface area contributed by atoms with Crippen LogP contribution in [0.1, 0.15) is 40.0 Å². The molecule has 0 amide bonds. The minimum Gasteiger partial charge on any atom is -0.480 e. The van der Waals surface area contributed by atoms with Gasteiger partial charge in [-0.05, 0) is 24.7 Å². The van der Waals surface area contributed by atoms with E-state index in [1.54, 1.807) is 5.01 Å². The van der Waals surface area contributed by atoms with Gasteiger partial charge in [-0.2, -0.15) is 5.10 Å². The van der Waals surface area contributed by atoms with Crippen molar-refractivity contribution < 1.29 is 9.90 Å². The molecule has 1 N–H and O–H groups in total. The minimum atomic E-state index is -0.764. The summed E-state index contributed by atoms with van der Waals surface area (Å²) in [5.74, 6) is -0.764. The van der Waals surface area contributed by atoms with Gasteiger partial charge in [-0.25, -0.2) is 4.79 Å². The highest BCUT2D eigenvalue weighted by Gasteiger charge is 2.29. The van der Waals surface area contributed by atoms with Gasteiger partial charge in [0.2, 0.25) is 0 Å². The fourth-order valence-corrected chi connectivity index (χ4v) is 1.56. The van der Waals surface area contributed by atoms with Gasteiger partial charge in [0.05, 0.1) is 0 Å². The second-order valence-corrected chi connectivity index (χ2v) is 5.22. The zero-order valence-corrected chi connectivity index (χ0v) is 9.73. The van der Waals surface area contributed by atoms with Gasteiger partial charge in [0.15, 0.2) is 0 Å². The molecule has 1 fully saturated rings. The van der Waals surface area contributed by atoms with E-state index >= 15 is 0 Å². The molecule has 0 bridgehead atoms. The summed E-state index contributed by atoms with van der Waals surface area (Å²) in [6.45, 7) is 7.17. The first kappa shape index (κ1) is 12.0. The van der Waals surface area contributed by atoms with Crippen LogP contribution in [0, 0.1) is 5.41 Å². The summed E-state index contributed by atoms with van der Waals surface area (Å²) >= 11 is 0. The fraction of sp³-hybridized carbons (Fsp3) is 0.818. The highest BCUT2D eigenvalue weighted by molar-refractivity contribution is 5.74. The van der Waals surface area contributed by atoms with Gasteiger partial charge in [0.25, 0.3) is 0 Å². The number of carboxylic acids is 1. The number of hydrogen-bond donors (Lipinski definition) is 1. The molecule has 1 atom stereocenters. The van der Waals surface area contributed by atoms with Gasteiger partial charge in [-0.3, -0.25) is 5.01 Å². The van der Waals surface area contributed by atoms with Gasteiger partial charge >= 0.3 is 5.97 Å². The van der Waals surface area contributed by atoms with Gasteiger partial charge in [-0.1, -0.05) is 20.8 Å². The minimum absolute atomic E-state index is 0.210. The van der Waals surface area contributed by atoms with E-state index < -0.39 is 12.0 Å². The van der Waals surface area contributed by atoms with Crippen LogP contribution in [-0.2, 0) is 4.79 Å². The highest BCUT2D eigenvalue weighted by atomic mass is 16.4. The summed E-state index contributed by atoms with van der Waals surface area (Å²) in [4.78, 5) is 10.9. The van der Waals surface area contributed by atoms with E-state index in [2.05, 4.69) is 25.9 Å². The molecular formula is C11H20N2O2. The topological polar surface area (TPSA) is 52.9 Å². The maximum atomic E-state index is 10.9. The number of carbonyl (C=O) groups is 1. The molecule has 1 rings (SSSR count). The van der Waals surface area contributed by atoms with Crippen molar-refractivity contribution in [3.05, 3.63) is 0 Å². The highest BCUT2D eigenvalue weighted by Crippen LogP contribution is 2.19. The number of aliphatic carboxylic acids is 1. The van der Waals surface area contributed by atoms with E-state index in [9.17, 15) is 4.79 Å². The molecule has 0 spiro atoms. The van der Waals surface area contributed by atoms with E-state index in [1.807, 2.05) is 6.21 Å². The molecule has 1 saturated heterocycles. The summed E-state index contributed by atoms with van der Waals surface area (Å²) in [6.07, 6.45) is 4.34. The Kier molecular flexibility index (Phi) is 3.72. The van der Waals surface area contributed by atoms with E-state index in [0.717, 1.165) is 19.4 Å². The van der Waals surface area contributed by atoms with E-state index in [1.165, 1.54) is 0 Å². The van der Waals surface area contributed by atoms with Crippen LogP contribution in [0.3, 0.4) is 0 Å². The second kappa shape index (κ2) is 4.64. The molecular weight excluding hydrogens is 192 g/mol. The number of rotatable bonds is 3. The largest absolute Gasteiger partial charge is 0.480 e. The van der Waals surface area contributed by atoms with Crippen molar-refractivity contribution in [2.75, 3.05) is 6.54 Å². The van der Waals surface area contributed by atoms with Crippen molar-refractivity contribution in [2.24, 2.45) is 10.5 Å². The van der Waals surface area contributed by atoms with Crippen LogP contribution in [0.25, 0.3) is 0 Å². The van der Waals surface area contributed by atoms with Gasteiger partial charge in [0, 0.05) is 12.8 Å². The predicted molar refractivity (Wildman–Crippen MR) is 59.9 cm³/mol. The lowest BCUT2D eigenvalue weighted by atomic mass is 9.93. The molecule has 15 heavy (non-hydrogen) atoms. The molecule has 0 aliphatic carbocycles. The molecule has 1 aliphatic rings. The Morgan fingerprint density at radius 1 is 1.60 bits per heavy atom. The zero-order chi connectivity index (χ0) is 11.5. The Morgan fingerprint density at radius 2 is 2.27 bits per heavy atom. The van der Waals surface area contributed by atoms with Crippen molar-refractivity contribution in [1.29, 1.82) is 0 Å². The summed E-state index contributed by atoms with van der Waals surface area (Å²) in [6, 6.07) is -0.416. The van der Waals surface area contributed by atoms with Crippen LogP contribution >= 0.6 is 0 Å². The van der Waals surface area contributed by atoms with Crippen molar-refractivity contribution in [3.8, 4) is 0 Å². The van der Waals surface area contributed by atoms with Crippen LogP contribution in [0.5, 0.6) is 0 Å². The van der Waals surface area contributed by atoms with Gasteiger partial charge < -0.3 is 5.11 Å². The Balaban J connectivity index is 2.47. The lowest BCUT2D eigenvalue weighted by molar-refractivity contribution is -0.142. The molecule has 0 radical (unpaired) electrons. The molecule has 4 nitrogen and oxygen atoms in total. The van der Waals surface area contributed by atoms with Crippen molar-refractivity contribution >= 4 is 12.2 Å². The van der Waals surface area contributed by atoms with E-state index in [-0.39, 0.29) is 5.41 Å². The standard InChI is InChI=1S/C11H20N2O2/c1-11(2,3)6-7-12-13-8-4-5-9(13)10(14)15/h7,9H,4-6,8H2,1-3H3,(H,14,15)/b12-7+. The summed E-state index contributed by atoms with van der Waals surface area (Å²) < 4.78 is 0. The quantitative estimate of drug-likeness (QED) is 0.727. The van der Waals surface area contributed by atoms with E-state index in [4.69, 9.17) is 5.11 Å². The first-order valence-corrected chi connectivity index (χ1v) is 5.42. The number of hydrogen-bond acceptors (Lipinski definition) is 3. The first-order chi connectivity index (χ1) is 6.90. The first-order valence-electron chi connectivity index (χ1n) is 5.42. The maximum Gasteiger partial charge on any atom is 0.328 e. The van der Waals surface area contributed by atoms with Gasteiger partial charge in [0.1, 0.15) is 6.04 Å². The Bertz CT molecular complexity index is 256. The second-order valence-electron chi connectivity index (χ2n) is 5.22. The third kappa shape index (κ3) is 3.90. The molecule has 0 aromatic rings. The van der Waals surface area contributed by atoms with Crippen LogP contribution < -0.4 is 0 Å². The molecule has 1 aliphatic heterocycles. The van der Waals surface area contributed by atoms with Crippen molar-refractivity contribution in [3.63, 3.8) is 0 Å². The third-order valence-electron chi connectivity index (χ3n) is 2.44. The maximum absolute atomic E-state index is 10.9. The molecule has 0 aromatic heterocycles. The molecule has 0 saturated carbocycles. The molecule has 1 heterocycles. The predicted octanol–water partition coefficient (Wildman–Crippen LogP) is 1.96. The summed E-state index contributed by atoms with van der Waals surface area (Å²) in [7, 11) is 0. The van der Waals surface area contributed by atoms with Crippen molar-refractivity contribution in [1.82, 2.24) is 5.01 Å². The monoisotopic (exact) mass is 212 g/mol. The third-order valence-corrected chi connectivity index (χ3v) is 2.44.